The van der Waals surface area contributed by atoms with E-state index in [1.807, 2.05) is 4.90 Å². The van der Waals surface area contributed by atoms with Crippen molar-refractivity contribution in [3.8, 4) is 0 Å². The molecule has 2 rings (SSSR count). The largest absolute Gasteiger partial charge is 0.407 e. The molecule has 16 heavy (non-hydrogen) atoms. The average Bonchev–Trinajstić information content (AvgIpc) is 2.83. The van der Waals surface area contributed by atoms with E-state index in [2.05, 4.69) is 29.4 Å². The fourth-order valence-corrected chi connectivity index (χ4v) is 1.65. The van der Waals surface area contributed by atoms with Gasteiger partial charge in [0.2, 0.25) is 5.89 Å². The minimum Gasteiger partial charge on any atom is -0.407 e. The van der Waals surface area contributed by atoms with Crippen molar-refractivity contribution >= 4 is 6.01 Å². The van der Waals surface area contributed by atoms with Gasteiger partial charge in [-0.05, 0) is 6.42 Å². The molecule has 1 fully saturated rings. The van der Waals surface area contributed by atoms with Gasteiger partial charge in [0.25, 0.3) is 0 Å². The molecule has 0 saturated carbocycles. The molecule has 0 amide bonds. The second-order valence-corrected chi connectivity index (χ2v) is 4.40. The van der Waals surface area contributed by atoms with Crippen LogP contribution in [0.3, 0.4) is 0 Å². The first-order valence-corrected chi connectivity index (χ1v) is 5.64. The third-order valence-corrected chi connectivity index (χ3v) is 2.55. The van der Waals surface area contributed by atoms with Crippen molar-refractivity contribution in [1.82, 2.24) is 15.5 Å². The summed E-state index contributed by atoms with van der Waals surface area (Å²) in [5.41, 5.74) is 0. The van der Waals surface area contributed by atoms with Gasteiger partial charge in [0.15, 0.2) is 0 Å². The summed E-state index contributed by atoms with van der Waals surface area (Å²) >= 11 is 0. The number of aliphatic hydroxyl groups excluding tert-OH is 1. The van der Waals surface area contributed by atoms with E-state index in [0.717, 1.165) is 13.0 Å². The van der Waals surface area contributed by atoms with Crippen LogP contribution in [0.15, 0.2) is 4.42 Å². The lowest BCUT2D eigenvalue weighted by molar-refractivity contribution is 0.198. The Morgan fingerprint density at radius 3 is 3.00 bits per heavy atom. The summed E-state index contributed by atoms with van der Waals surface area (Å²) in [5.74, 6) is 0.588. The Morgan fingerprint density at radius 1 is 1.56 bits per heavy atom. The van der Waals surface area contributed by atoms with E-state index < -0.39 is 0 Å². The third kappa shape index (κ3) is 2.70. The first-order valence-electron chi connectivity index (χ1n) is 5.64. The zero-order chi connectivity index (χ0) is 11.5. The molecule has 1 atom stereocenters. The maximum absolute atomic E-state index is 9.40. The van der Waals surface area contributed by atoms with Crippen molar-refractivity contribution in [2.24, 2.45) is 0 Å². The topological polar surface area (TPSA) is 74.4 Å². The molecule has 6 heteroatoms. The molecule has 2 N–H and O–H groups in total. The third-order valence-electron chi connectivity index (χ3n) is 2.55. The summed E-state index contributed by atoms with van der Waals surface area (Å²) in [5, 5.41) is 20.5. The predicted octanol–water partition coefficient (Wildman–Crippen LogP) is 0.139. The Bertz CT molecular complexity index is 339. The Hall–Kier alpha value is -1.14. The Morgan fingerprint density at radius 2 is 2.38 bits per heavy atom. The summed E-state index contributed by atoms with van der Waals surface area (Å²) in [6.45, 7) is 6.07. The van der Waals surface area contributed by atoms with Crippen LogP contribution in [0.1, 0.15) is 26.2 Å². The highest BCUT2D eigenvalue weighted by Crippen LogP contribution is 2.18. The Labute approximate surface area is 94.7 Å². The summed E-state index contributed by atoms with van der Waals surface area (Å²) in [7, 11) is 0. The molecule has 1 aliphatic rings. The fourth-order valence-electron chi connectivity index (χ4n) is 1.65. The fraction of sp³-hybridized carbons (Fsp3) is 0.800. The zero-order valence-corrected chi connectivity index (χ0v) is 9.68. The summed E-state index contributed by atoms with van der Waals surface area (Å²) < 4.78 is 5.50. The van der Waals surface area contributed by atoms with Gasteiger partial charge < -0.3 is 19.7 Å². The van der Waals surface area contributed by atoms with E-state index in [4.69, 9.17) is 4.42 Å². The number of β-amino-alcohol motifs (C(OH)–C–C–N with tert-alkyl or cyclic N) is 1. The zero-order valence-electron chi connectivity index (χ0n) is 9.68. The van der Waals surface area contributed by atoms with E-state index in [1.165, 1.54) is 0 Å². The monoisotopic (exact) mass is 226 g/mol. The molecule has 2 heterocycles. The second kappa shape index (κ2) is 4.80. The molecule has 0 aliphatic carbocycles. The summed E-state index contributed by atoms with van der Waals surface area (Å²) in [6.07, 6.45) is 0.492. The van der Waals surface area contributed by atoms with Gasteiger partial charge in [-0.2, -0.15) is 0 Å². The van der Waals surface area contributed by atoms with E-state index in [9.17, 15) is 5.11 Å². The predicted molar refractivity (Wildman–Crippen MR) is 59.1 cm³/mol. The van der Waals surface area contributed by atoms with Crippen LogP contribution in [0.25, 0.3) is 0 Å². The van der Waals surface area contributed by atoms with Gasteiger partial charge in [-0.25, -0.2) is 0 Å². The number of nitrogens with zero attached hydrogens (tertiary/aromatic N) is 3. The molecule has 0 aromatic carbocycles. The lowest BCUT2D eigenvalue weighted by atomic mass is 10.3. The molecule has 0 radical (unpaired) electrons. The van der Waals surface area contributed by atoms with Crippen molar-refractivity contribution < 1.29 is 9.52 Å². The number of aromatic nitrogens is 2. The van der Waals surface area contributed by atoms with Crippen LogP contribution >= 0.6 is 0 Å². The highest BCUT2D eigenvalue weighted by atomic mass is 16.4. The van der Waals surface area contributed by atoms with Gasteiger partial charge in [-0.1, -0.05) is 18.9 Å². The molecule has 1 unspecified atom stereocenters. The minimum atomic E-state index is -0.274. The van der Waals surface area contributed by atoms with Crippen molar-refractivity contribution in [3.63, 3.8) is 0 Å². The molecular formula is C10H18N4O2. The van der Waals surface area contributed by atoms with E-state index in [1.54, 1.807) is 0 Å². The lowest BCUT2D eigenvalue weighted by Gasteiger charge is -2.10. The molecule has 1 saturated heterocycles. The molecule has 0 bridgehead atoms. The number of hydrogen-bond acceptors (Lipinski definition) is 6. The number of rotatable bonds is 4. The average molecular weight is 226 g/mol. The molecule has 1 aliphatic heterocycles. The quantitative estimate of drug-likeness (QED) is 0.760. The number of aliphatic hydroxyl groups is 1. The van der Waals surface area contributed by atoms with E-state index >= 15 is 0 Å². The van der Waals surface area contributed by atoms with Crippen LogP contribution in [0.4, 0.5) is 6.01 Å². The lowest BCUT2D eigenvalue weighted by Crippen LogP contribution is -2.22. The molecule has 6 nitrogen and oxygen atoms in total. The van der Waals surface area contributed by atoms with Crippen molar-refractivity contribution in [3.05, 3.63) is 5.89 Å². The maximum atomic E-state index is 9.40. The summed E-state index contributed by atoms with van der Waals surface area (Å²) in [4.78, 5) is 1.91. The van der Waals surface area contributed by atoms with Gasteiger partial charge >= 0.3 is 6.01 Å². The van der Waals surface area contributed by atoms with Gasteiger partial charge in [0.05, 0.1) is 12.6 Å². The Balaban J connectivity index is 1.91. The standard InChI is InChI=1S/C10H18N4O2/c1-7(2)11-5-9-12-13-10(16-9)14-4-3-8(15)6-14/h7-8,11,15H,3-6H2,1-2H3. The van der Waals surface area contributed by atoms with Gasteiger partial charge in [-0.15, -0.1) is 5.10 Å². The molecule has 1 aromatic rings. The van der Waals surface area contributed by atoms with Gasteiger partial charge in [0.1, 0.15) is 0 Å². The van der Waals surface area contributed by atoms with Crippen LogP contribution < -0.4 is 10.2 Å². The van der Waals surface area contributed by atoms with Crippen LogP contribution in [0.5, 0.6) is 0 Å². The smallest absolute Gasteiger partial charge is 0.318 e. The SMILES string of the molecule is CC(C)NCc1nnc(N2CCC(O)C2)o1. The normalized spacial score (nSPS) is 21.0. The van der Waals surface area contributed by atoms with Gasteiger partial charge in [0, 0.05) is 19.1 Å². The van der Waals surface area contributed by atoms with Crippen LogP contribution in [-0.4, -0.2) is 40.5 Å². The minimum absolute atomic E-state index is 0.274. The highest BCUT2D eigenvalue weighted by molar-refractivity contribution is 5.26. The van der Waals surface area contributed by atoms with Crippen LogP contribution in [-0.2, 0) is 6.54 Å². The summed E-state index contributed by atoms with van der Waals surface area (Å²) in [6, 6.07) is 0.904. The van der Waals surface area contributed by atoms with Crippen molar-refractivity contribution in [2.75, 3.05) is 18.0 Å². The van der Waals surface area contributed by atoms with Gasteiger partial charge in [-0.3, -0.25) is 0 Å². The van der Waals surface area contributed by atoms with E-state index in [-0.39, 0.29) is 6.10 Å². The van der Waals surface area contributed by atoms with Crippen LogP contribution in [0.2, 0.25) is 0 Å². The Kier molecular flexibility index (Phi) is 3.40. The first-order chi connectivity index (χ1) is 7.65. The molecule has 1 aromatic heterocycles. The number of anilines is 1. The number of hydrogen-bond donors (Lipinski definition) is 2. The van der Waals surface area contributed by atoms with Crippen molar-refractivity contribution in [1.29, 1.82) is 0 Å². The highest BCUT2D eigenvalue weighted by Gasteiger charge is 2.24. The number of nitrogens with one attached hydrogen (secondary N) is 1. The molecular weight excluding hydrogens is 208 g/mol. The van der Waals surface area contributed by atoms with Crippen molar-refractivity contribution in [2.45, 2.75) is 39.0 Å². The maximum Gasteiger partial charge on any atom is 0.318 e. The second-order valence-electron chi connectivity index (χ2n) is 4.40. The molecule has 90 valence electrons. The van der Waals surface area contributed by atoms with Crippen LogP contribution in [0, 0.1) is 0 Å². The van der Waals surface area contributed by atoms with E-state index in [0.29, 0.717) is 31.0 Å². The molecule has 0 spiro atoms. The first kappa shape index (κ1) is 11.3.